The zero-order valence-corrected chi connectivity index (χ0v) is 10.5. The quantitative estimate of drug-likeness (QED) is 0.609. The van der Waals surface area contributed by atoms with Crippen LogP contribution < -0.4 is 0 Å². The molecule has 0 saturated heterocycles. The molecule has 0 unspecified atom stereocenters. The molecule has 0 saturated carbocycles. The smallest absolute Gasteiger partial charge is 0.330 e. The van der Waals surface area contributed by atoms with Gasteiger partial charge in [0.2, 0.25) is 0 Å². The molecule has 0 radical (unpaired) electrons. The summed E-state index contributed by atoms with van der Waals surface area (Å²) in [5.41, 5.74) is 0. The number of ether oxygens (including phenoxy) is 1. The number of hydrogen-bond donors (Lipinski definition) is 0. The first kappa shape index (κ1) is 13.9. The van der Waals surface area contributed by atoms with E-state index in [0.717, 1.165) is 25.7 Å². The molecule has 0 N–H and O–H groups in total. The summed E-state index contributed by atoms with van der Waals surface area (Å²) in [6, 6.07) is 0. The third-order valence-electron chi connectivity index (χ3n) is 2.97. The topological polar surface area (TPSA) is 43.4 Å². The average molecular weight is 238 g/mol. The van der Waals surface area contributed by atoms with Crippen molar-refractivity contribution in [1.82, 2.24) is 0 Å². The predicted molar refractivity (Wildman–Crippen MR) is 66.7 cm³/mol. The van der Waals surface area contributed by atoms with Crippen molar-refractivity contribution in [1.29, 1.82) is 0 Å². The fourth-order valence-electron chi connectivity index (χ4n) is 1.93. The van der Waals surface area contributed by atoms with Crippen LogP contribution in [0.25, 0.3) is 0 Å². The van der Waals surface area contributed by atoms with E-state index in [-0.39, 0.29) is 5.78 Å². The van der Waals surface area contributed by atoms with Crippen LogP contribution in [0.1, 0.15) is 57.8 Å². The molecule has 0 amide bonds. The fraction of sp³-hybridized carbons (Fsp3) is 0.714. The highest BCUT2D eigenvalue weighted by molar-refractivity contribution is 5.95. The van der Waals surface area contributed by atoms with Gasteiger partial charge in [0.05, 0.1) is 6.61 Å². The number of carbonyl (C=O) groups is 2. The Morgan fingerprint density at radius 1 is 0.765 bits per heavy atom. The molecule has 3 heteroatoms. The number of hydrogen-bond acceptors (Lipinski definition) is 3. The first-order chi connectivity index (χ1) is 8.29. The third kappa shape index (κ3) is 7.72. The Balaban J connectivity index is 2.34. The highest BCUT2D eigenvalue weighted by atomic mass is 16.5. The zero-order valence-electron chi connectivity index (χ0n) is 10.5. The summed E-state index contributed by atoms with van der Waals surface area (Å²) in [5, 5.41) is 0. The number of rotatable bonds is 0. The molecule has 1 aliphatic rings. The van der Waals surface area contributed by atoms with E-state index < -0.39 is 5.97 Å². The van der Waals surface area contributed by atoms with Crippen molar-refractivity contribution in [2.45, 2.75) is 57.8 Å². The average Bonchev–Trinajstić information content (AvgIpc) is 2.33. The zero-order chi connectivity index (χ0) is 12.3. The van der Waals surface area contributed by atoms with E-state index >= 15 is 0 Å². The Kier molecular flexibility index (Phi) is 7.35. The van der Waals surface area contributed by atoms with Crippen LogP contribution in [0, 0.1) is 0 Å². The molecule has 17 heavy (non-hydrogen) atoms. The van der Waals surface area contributed by atoms with Crippen molar-refractivity contribution in [3.05, 3.63) is 12.2 Å². The summed E-state index contributed by atoms with van der Waals surface area (Å²) in [6.45, 7) is 0.470. The first-order valence-corrected chi connectivity index (χ1v) is 6.67. The van der Waals surface area contributed by atoms with E-state index in [1.54, 1.807) is 0 Å². The van der Waals surface area contributed by atoms with Crippen LogP contribution >= 0.6 is 0 Å². The van der Waals surface area contributed by atoms with Gasteiger partial charge in [0.1, 0.15) is 0 Å². The molecule has 0 aromatic heterocycles. The van der Waals surface area contributed by atoms with E-state index in [0.29, 0.717) is 13.0 Å². The largest absolute Gasteiger partial charge is 0.463 e. The maximum atomic E-state index is 11.4. The normalized spacial score (nSPS) is 23.3. The second kappa shape index (κ2) is 8.97. The van der Waals surface area contributed by atoms with Gasteiger partial charge < -0.3 is 4.74 Å². The van der Waals surface area contributed by atoms with Crippen molar-refractivity contribution in [2.75, 3.05) is 6.61 Å². The molecule has 0 aromatic rings. The molecule has 0 aliphatic carbocycles. The number of ketones is 1. The van der Waals surface area contributed by atoms with Crippen LogP contribution in [0.15, 0.2) is 12.2 Å². The van der Waals surface area contributed by atoms with Gasteiger partial charge in [0.25, 0.3) is 0 Å². The van der Waals surface area contributed by atoms with E-state index in [1.165, 1.54) is 37.8 Å². The minimum atomic E-state index is -0.395. The lowest BCUT2D eigenvalue weighted by molar-refractivity contribution is -0.138. The summed E-state index contributed by atoms with van der Waals surface area (Å²) in [6.07, 6.45) is 12.2. The van der Waals surface area contributed by atoms with Crippen molar-refractivity contribution in [3.8, 4) is 0 Å². The minimum absolute atomic E-state index is 0.0248. The van der Waals surface area contributed by atoms with Gasteiger partial charge in [-0.25, -0.2) is 4.79 Å². The lowest BCUT2D eigenvalue weighted by atomic mass is 10.1. The molecule has 0 fully saturated rings. The van der Waals surface area contributed by atoms with Crippen LogP contribution in [0.3, 0.4) is 0 Å². The standard InChI is InChI=1S/C14H22O3/c15-13-9-7-5-3-1-2-4-6-8-12-17-14(16)11-10-13/h10-11H,1-9,12H2/b11-10+. The number of carbonyl (C=O) groups excluding carboxylic acids is 2. The van der Waals surface area contributed by atoms with Crippen molar-refractivity contribution in [3.63, 3.8) is 0 Å². The van der Waals surface area contributed by atoms with Crippen LogP contribution in [-0.2, 0) is 14.3 Å². The highest BCUT2D eigenvalue weighted by Crippen LogP contribution is 2.10. The third-order valence-corrected chi connectivity index (χ3v) is 2.97. The van der Waals surface area contributed by atoms with Gasteiger partial charge in [0, 0.05) is 12.5 Å². The minimum Gasteiger partial charge on any atom is -0.463 e. The maximum absolute atomic E-state index is 11.4. The molecule has 1 rings (SSSR count). The lowest BCUT2D eigenvalue weighted by Crippen LogP contribution is -2.03. The molecule has 1 heterocycles. The predicted octanol–water partition coefficient (Wildman–Crippen LogP) is 3.18. The number of esters is 1. The summed E-state index contributed by atoms with van der Waals surface area (Å²) >= 11 is 0. The van der Waals surface area contributed by atoms with Crippen molar-refractivity contribution in [2.24, 2.45) is 0 Å². The van der Waals surface area contributed by atoms with Gasteiger partial charge >= 0.3 is 5.97 Å². The highest BCUT2D eigenvalue weighted by Gasteiger charge is 2.02. The SMILES string of the molecule is O=C1/C=C/C(=O)OCCCCCCCCCC1. The van der Waals surface area contributed by atoms with Crippen LogP contribution in [-0.4, -0.2) is 18.4 Å². The molecule has 0 aromatic carbocycles. The molecular weight excluding hydrogens is 216 g/mol. The summed E-state index contributed by atoms with van der Waals surface area (Å²) in [7, 11) is 0. The molecule has 1 aliphatic heterocycles. The second-order valence-electron chi connectivity index (χ2n) is 4.55. The Morgan fingerprint density at radius 3 is 2.06 bits per heavy atom. The van der Waals surface area contributed by atoms with E-state index in [9.17, 15) is 9.59 Å². The molecular formula is C14H22O3. The van der Waals surface area contributed by atoms with E-state index in [2.05, 4.69) is 0 Å². The Labute approximate surface area is 103 Å². The van der Waals surface area contributed by atoms with Gasteiger partial charge in [-0.05, 0) is 18.9 Å². The molecule has 96 valence electrons. The first-order valence-electron chi connectivity index (χ1n) is 6.67. The Bertz CT molecular complexity index is 243. The summed E-state index contributed by atoms with van der Waals surface area (Å²) < 4.78 is 4.99. The van der Waals surface area contributed by atoms with Gasteiger partial charge in [0.15, 0.2) is 5.78 Å². The van der Waals surface area contributed by atoms with E-state index in [1.807, 2.05) is 0 Å². The van der Waals surface area contributed by atoms with Crippen LogP contribution in [0.4, 0.5) is 0 Å². The summed E-state index contributed by atoms with van der Waals surface area (Å²) in [5.74, 6) is -0.370. The monoisotopic (exact) mass is 238 g/mol. The number of allylic oxidation sites excluding steroid dienone is 1. The number of cyclic esters (lactones) is 1. The summed E-state index contributed by atoms with van der Waals surface area (Å²) in [4.78, 5) is 22.6. The fourth-order valence-corrected chi connectivity index (χ4v) is 1.93. The second-order valence-corrected chi connectivity index (χ2v) is 4.55. The van der Waals surface area contributed by atoms with Gasteiger partial charge in [-0.1, -0.05) is 38.5 Å². The maximum Gasteiger partial charge on any atom is 0.330 e. The Morgan fingerprint density at radius 2 is 1.35 bits per heavy atom. The van der Waals surface area contributed by atoms with Gasteiger partial charge in [-0.2, -0.15) is 0 Å². The molecule has 0 spiro atoms. The lowest BCUT2D eigenvalue weighted by Gasteiger charge is -2.02. The van der Waals surface area contributed by atoms with E-state index in [4.69, 9.17) is 4.74 Å². The van der Waals surface area contributed by atoms with Crippen LogP contribution in [0.2, 0.25) is 0 Å². The van der Waals surface area contributed by atoms with Gasteiger partial charge in [-0.15, -0.1) is 0 Å². The van der Waals surface area contributed by atoms with Crippen molar-refractivity contribution >= 4 is 11.8 Å². The molecule has 0 atom stereocenters. The molecule has 3 nitrogen and oxygen atoms in total. The van der Waals surface area contributed by atoms with Crippen LogP contribution in [0.5, 0.6) is 0 Å². The van der Waals surface area contributed by atoms with Gasteiger partial charge in [-0.3, -0.25) is 4.79 Å². The molecule has 0 bridgehead atoms. The van der Waals surface area contributed by atoms with Crippen molar-refractivity contribution < 1.29 is 14.3 Å². The Hall–Kier alpha value is -1.12.